The van der Waals surface area contributed by atoms with Gasteiger partial charge in [0, 0.05) is 31.9 Å². The van der Waals surface area contributed by atoms with Crippen molar-refractivity contribution in [2.24, 2.45) is 0 Å². The highest BCUT2D eigenvalue weighted by Crippen LogP contribution is 2.16. The van der Waals surface area contributed by atoms with Crippen LogP contribution in [0.3, 0.4) is 0 Å². The van der Waals surface area contributed by atoms with E-state index in [1.54, 1.807) is 12.1 Å². The van der Waals surface area contributed by atoms with Crippen molar-refractivity contribution in [3.05, 3.63) is 24.0 Å². The number of hydrogen-bond donors (Lipinski definition) is 2. The van der Waals surface area contributed by atoms with Gasteiger partial charge >= 0.3 is 0 Å². The number of morpholine rings is 1. The number of nitrogens with zero attached hydrogens (tertiary/aromatic N) is 1. The SMILES string of the molecule is Nc1ccc(NCCN2CCOCC2)c(F)c1. The van der Waals surface area contributed by atoms with Gasteiger partial charge in [-0.05, 0) is 18.2 Å². The number of rotatable bonds is 4. The van der Waals surface area contributed by atoms with E-state index in [1.807, 2.05) is 0 Å². The highest BCUT2D eigenvalue weighted by Gasteiger charge is 2.09. The van der Waals surface area contributed by atoms with Gasteiger partial charge in [0.25, 0.3) is 0 Å². The number of benzene rings is 1. The van der Waals surface area contributed by atoms with Gasteiger partial charge in [0.2, 0.25) is 0 Å². The first-order valence-corrected chi connectivity index (χ1v) is 5.85. The predicted molar refractivity (Wildman–Crippen MR) is 66.6 cm³/mol. The summed E-state index contributed by atoms with van der Waals surface area (Å²) < 4.78 is 18.7. The van der Waals surface area contributed by atoms with Crippen LogP contribution in [0.4, 0.5) is 15.8 Å². The van der Waals surface area contributed by atoms with Crippen LogP contribution in [-0.4, -0.2) is 44.3 Å². The molecule has 0 aromatic heterocycles. The molecule has 0 radical (unpaired) electrons. The molecule has 3 N–H and O–H groups in total. The monoisotopic (exact) mass is 239 g/mol. The number of halogens is 1. The van der Waals surface area contributed by atoms with Crippen molar-refractivity contribution in [2.75, 3.05) is 50.4 Å². The Labute approximate surface area is 101 Å². The Morgan fingerprint density at radius 1 is 1.35 bits per heavy atom. The van der Waals surface area contributed by atoms with E-state index in [0.717, 1.165) is 39.4 Å². The second kappa shape index (κ2) is 5.84. The second-order valence-electron chi connectivity index (χ2n) is 4.12. The zero-order chi connectivity index (χ0) is 12.1. The minimum Gasteiger partial charge on any atom is -0.399 e. The summed E-state index contributed by atoms with van der Waals surface area (Å²) in [7, 11) is 0. The van der Waals surface area contributed by atoms with Gasteiger partial charge in [-0.3, -0.25) is 4.90 Å². The smallest absolute Gasteiger partial charge is 0.148 e. The Morgan fingerprint density at radius 2 is 2.12 bits per heavy atom. The molecule has 0 spiro atoms. The first-order chi connectivity index (χ1) is 8.25. The van der Waals surface area contributed by atoms with Gasteiger partial charge in [-0.1, -0.05) is 0 Å². The summed E-state index contributed by atoms with van der Waals surface area (Å²) >= 11 is 0. The first kappa shape index (κ1) is 12.1. The highest BCUT2D eigenvalue weighted by atomic mass is 19.1. The van der Waals surface area contributed by atoms with Crippen molar-refractivity contribution < 1.29 is 9.13 Å². The van der Waals surface area contributed by atoms with Crippen LogP contribution in [0, 0.1) is 5.82 Å². The van der Waals surface area contributed by atoms with Crippen LogP contribution in [0.2, 0.25) is 0 Å². The molecule has 94 valence electrons. The lowest BCUT2D eigenvalue weighted by molar-refractivity contribution is 0.0398. The number of nitrogen functional groups attached to an aromatic ring is 1. The quantitative estimate of drug-likeness (QED) is 0.774. The Hall–Kier alpha value is -1.33. The van der Waals surface area contributed by atoms with Gasteiger partial charge in [0.15, 0.2) is 0 Å². The average Bonchev–Trinajstić information content (AvgIpc) is 2.33. The van der Waals surface area contributed by atoms with Crippen molar-refractivity contribution >= 4 is 11.4 Å². The molecule has 0 saturated carbocycles. The molecule has 1 aromatic rings. The Morgan fingerprint density at radius 3 is 2.82 bits per heavy atom. The van der Waals surface area contributed by atoms with Crippen LogP contribution in [-0.2, 0) is 4.74 Å². The van der Waals surface area contributed by atoms with Crippen LogP contribution in [0.5, 0.6) is 0 Å². The summed E-state index contributed by atoms with van der Waals surface area (Å²) in [5.74, 6) is -0.299. The Balaban J connectivity index is 1.77. The lowest BCUT2D eigenvalue weighted by atomic mass is 10.2. The van der Waals surface area contributed by atoms with E-state index in [0.29, 0.717) is 11.4 Å². The van der Waals surface area contributed by atoms with E-state index in [4.69, 9.17) is 10.5 Å². The van der Waals surface area contributed by atoms with E-state index in [9.17, 15) is 4.39 Å². The van der Waals surface area contributed by atoms with E-state index < -0.39 is 0 Å². The molecule has 2 rings (SSSR count). The number of anilines is 2. The van der Waals surface area contributed by atoms with Crippen LogP contribution >= 0.6 is 0 Å². The molecule has 1 aliphatic heterocycles. The summed E-state index contributed by atoms with van der Waals surface area (Å²) in [4.78, 5) is 2.30. The van der Waals surface area contributed by atoms with E-state index >= 15 is 0 Å². The standard InChI is InChI=1S/C12H18FN3O/c13-11-9-10(14)1-2-12(11)15-3-4-16-5-7-17-8-6-16/h1-2,9,15H,3-8,14H2. The molecular formula is C12H18FN3O. The Kier molecular flexibility index (Phi) is 4.17. The van der Waals surface area contributed by atoms with Gasteiger partial charge < -0.3 is 15.8 Å². The van der Waals surface area contributed by atoms with Crippen molar-refractivity contribution in [1.82, 2.24) is 4.90 Å². The Bertz CT molecular complexity index is 367. The minimum atomic E-state index is -0.299. The van der Waals surface area contributed by atoms with Crippen molar-refractivity contribution in [2.45, 2.75) is 0 Å². The van der Waals surface area contributed by atoms with E-state index in [-0.39, 0.29) is 5.82 Å². The molecule has 1 saturated heterocycles. The number of ether oxygens (including phenoxy) is 1. The largest absolute Gasteiger partial charge is 0.399 e. The van der Waals surface area contributed by atoms with Gasteiger partial charge in [-0.2, -0.15) is 0 Å². The molecule has 1 fully saturated rings. The van der Waals surface area contributed by atoms with Gasteiger partial charge in [0.1, 0.15) is 5.82 Å². The molecule has 1 aromatic carbocycles. The maximum Gasteiger partial charge on any atom is 0.148 e. The molecule has 0 aliphatic carbocycles. The molecule has 0 unspecified atom stereocenters. The third-order valence-electron chi connectivity index (χ3n) is 2.84. The fraction of sp³-hybridized carbons (Fsp3) is 0.500. The summed E-state index contributed by atoms with van der Waals surface area (Å²) in [5, 5.41) is 3.07. The molecular weight excluding hydrogens is 221 g/mol. The number of nitrogens with one attached hydrogen (secondary N) is 1. The highest BCUT2D eigenvalue weighted by molar-refractivity contribution is 5.52. The van der Waals surface area contributed by atoms with Crippen LogP contribution in [0.15, 0.2) is 18.2 Å². The topological polar surface area (TPSA) is 50.5 Å². The number of nitrogens with two attached hydrogens (primary N) is 1. The number of hydrogen-bond acceptors (Lipinski definition) is 4. The molecule has 0 atom stereocenters. The van der Waals surface area contributed by atoms with Crippen molar-refractivity contribution in [3.63, 3.8) is 0 Å². The predicted octanol–water partition coefficient (Wildman–Crippen LogP) is 1.15. The lowest BCUT2D eigenvalue weighted by Crippen LogP contribution is -2.39. The minimum absolute atomic E-state index is 0.299. The molecule has 1 aliphatic rings. The summed E-state index contributed by atoms with van der Waals surface area (Å²) in [5.41, 5.74) is 6.44. The second-order valence-corrected chi connectivity index (χ2v) is 4.12. The average molecular weight is 239 g/mol. The van der Waals surface area contributed by atoms with Crippen molar-refractivity contribution in [3.8, 4) is 0 Å². The van der Waals surface area contributed by atoms with Crippen LogP contribution in [0.25, 0.3) is 0 Å². The zero-order valence-corrected chi connectivity index (χ0v) is 9.79. The molecule has 1 heterocycles. The van der Waals surface area contributed by atoms with E-state index in [1.165, 1.54) is 6.07 Å². The normalized spacial score (nSPS) is 17.0. The zero-order valence-electron chi connectivity index (χ0n) is 9.79. The maximum atomic E-state index is 13.4. The first-order valence-electron chi connectivity index (χ1n) is 5.85. The van der Waals surface area contributed by atoms with Gasteiger partial charge in [-0.15, -0.1) is 0 Å². The molecule has 5 heteroatoms. The molecule has 4 nitrogen and oxygen atoms in total. The van der Waals surface area contributed by atoms with E-state index in [2.05, 4.69) is 10.2 Å². The third kappa shape index (κ3) is 3.57. The molecule has 0 amide bonds. The van der Waals surface area contributed by atoms with Crippen LogP contribution in [0.1, 0.15) is 0 Å². The fourth-order valence-corrected chi connectivity index (χ4v) is 1.85. The molecule has 17 heavy (non-hydrogen) atoms. The lowest BCUT2D eigenvalue weighted by Gasteiger charge is -2.26. The summed E-state index contributed by atoms with van der Waals surface area (Å²) in [6.07, 6.45) is 0. The van der Waals surface area contributed by atoms with Crippen molar-refractivity contribution in [1.29, 1.82) is 0 Å². The van der Waals surface area contributed by atoms with Crippen LogP contribution < -0.4 is 11.1 Å². The third-order valence-corrected chi connectivity index (χ3v) is 2.84. The maximum absolute atomic E-state index is 13.4. The fourth-order valence-electron chi connectivity index (χ4n) is 1.85. The molecule has 0 bridgehead atoms. The van der Waals surface area contributed by atoms with Gasteiger partial charge in [-0.25, -0.2) is 4.39 Å². The summed E-state index contributed by atoms with van der Waals surface area (Å²) in [6, 6.07) is 4.70. The van der Waals surface area contributed by atoms with Gasteiger partial charge in [0.05, 0.1) is 18.9 Å². The summed E-state index contributed by atoms with van der Waals surface area (Å²) in [6.45, 7) is 5.10.